The maximum Gasteiger partial charge on any atom is 0.416 e. The first-order valence-corrected chi connectivity index (χ1v) is 13.9. The van der Waals surface area contributed by atoms with Crippen molar-refractivity contribution in [3.05, 3.63) is 75.6 Å². The Bertz CT molecular complexity index is 1480. The highest BCUT2D eigenvalue weighted by Gasteiger charge is 2.36. The van der Waals surface area contributed by atoms with E-state index in [9.17, 15) is 22.8 Å². The number of halogens is 3. The minimum atomic E-state index is -4.37. The number of rotatable bonds is 5. The van der Waals surface area contributed by atoms with Crippen LogP contribution in [0.15, 0.2) is 59.4 Å². The van der Waals surface area contributed by atoms with Gasteiger partial charge in [0.15, 0.2) is 0 Å². The quantitative estimate of drug-likeness (QED) is 0.359. The topological polar surface area (TPSA) is 65.5 Å². The maximum atomic E-state index is 13.1. The molecule has 0 saturated carbocycles. The van der Waals surface area contributed by atoms with Crippen LogP contribution in [0.2, 0.25) is 0 Å². The van der Waals surface area contributed by atoms with Crippen molar-refractivity contribution in [2.24, 2.45) is 0 Å². The van der Waals surface area contributed by atoms with Crippen molar-refractivity contribution < 1.29 is 22.8 Å². The third-order valence-electron chi connectivity index (χ3n) is 7.04. The molecule has 4 heterocycles. The fourth-order valence-electron chi connectivity index (χ4n) is 4.97. The summed E-state index contributed by atoms with van der Waals surface area (Å²) in [5, 5.41) is 6.27. The van der Waals surface area contributed by atoms with Gasteiger partial charge in [-0.3, -0.25) is 9.59 Å². The summed E-state index contributed by atoms with van der Waals surface area (Å²) < 4.78 is 39.5. The van der Waals surface area contributed by atoms with Crippen molar-refractivity contribution in [2.75, 3.05) is 26.2 Å². The Morgan fingerprint density at radius 1 is 0.921 bits per heavy atom. The summed E-state index contributed by atoms with van der Waals surface area (Å²) in [6, 6.07) is 13.0. The number of amides is 2. The fraction of sp³-hybridized carbons (Fsp3) is 0.296. The van der Waals surface area contributed by atoms with Gasteiger partial charge in [0.2, 0.25) is 0 Å². The number of hydrogen-bond donors (Lipinski definition) is 1. The number of aromatic nitrogens is 1. The van der Waals surface area contributed by atoms with Gasteiger partial charge in [-0.25, -0.2) is 4.98 Å². The maximum absolute atomic E-state index is 13.1. The molecule has 2 aromatic heterocycles. The van der Waals surface area contributed by atoms with E-state index in [1.165, 1.54) is 34.8 Å². The number of carbonyl (C=O) groups excluding carboxylic acids is 2. The largest absolute Gasteiger partial charge is 0.416 e. The predicted molar refractivity (Wildman–Crippen MR) is 142 cm³/mol. The fourth-order valence-corrected chi connectivity index (χ4v) is 6.56. The molecule has 38 heavy (non-hydrogen) atoms. The molecule has 6 nitrogen and oxygen atoms in total. The number of likely N-dealkylation sites (tertiary alicyclic amines) is 2. The zero-order valence-electron chi connectivity index (χ0n) is 20.1. The van der Waals surface area contributed by atoms with Gasteiger partial charge in [-0.05, 0) is 47.2 Å². The summed E-state index contributed by atoms with van der Waals surface area (Å²) in [6.45, 7) is 2.55. The van der Waals surface area contributed by atoms with Gasteiger partial charge < -0.3 is 15.1 Å². The van der Waals surface area contributed by atoms with E-state index in [1.807, 2.05) is 34.1 Å². The Hall–Kier alpha value is -3.28. The monoisotopic (exact) mass is 556 g/mol. The first kappa shape index (κ1) is 25.0. The van der Waals surface area contributed by atoms with E-state index in [2.05, 4.69) is 10.3 Å². The molecule has 0 spiro atoms. The van der Waals surface area contributed by atoms with Crippen LogP contribution in [0.25, 0.3) is 21.2 Å². The summed E-state index contributed by atoms with van der Waals surface area (Å²) in [4.78, 5) is 34.0. The molecule has 4 aromatic rings. The number of thiazole rings is 1. The van der Waals surface area contributed by atoms with Gasteiger partial charge in [0, 0.05) is 48.3 Å². The number of thiophene rings is 1. The van der Waals surface area contributed by atoms with E-state index in [1.54, 1.807) is 10.9 Å². The minimum Gasteiger partial charge on any atom is -0.336 e. The molecule has 2 aromatic carbocycles. The molecule has 2 fully saturated rings. The summed E-state index contributed by atoms with van der Waals surface area (Å²) in [5.74, 6) is -0.0562. The summed E-state index contributed by atoms with van der Waals surface area (Å²) in [5.41, 5.74) is 2.97. The average Bonchev–Trinajstić information content (AvgIpc) is 3.65. The van der Waals surface area contributed by atoms with Crippen LogP contribution in [0.5, 0.6) is 0 Å². The van der Waals surface area contributed by atoms with E-state index in [4.69, 9.17) is 0 Å². The highest BCUT2D eigenvalue weighted by molar-refractivity contribution is 7.20. The van der Waals surface area contributed by atoms with Crippen LogP contribution < -0.4 is 5.32 Å². The second kappa shape index (κ2) is 9.79. The third kappa shape index (κ3) is 4.93. The lowest BCUT2D eigenvalue weighted by Crippen LogP contribution is -2.61. The molecule has 1 atom stereocenters. The predicted octanol–water partition coefficient (Wildman–Crippen LogP) is 5.37. The molecule has 0 aliphatic carbocycles. The molecule has 2 saturated heterocycles. The van der Waals surface area contributed by atoms with Gasteiger partial charge in [0.05, 0.1) is 16.0 Å². The second-order valence-electron chi connectivity index (χ2n) is 9.62. The van der Waals surface area contributed by atoms with Gasteiger partial charge in [0.25, 0.3) is 11.8 Å². The summed E-state index contributed by atoms with van der Waals surface area (Å²) in [6.07, 6.45) is -3.49. The lowest BCUT2D eigenvalue weighted by Gasteiger charge is -2.40. The second-order valence-corrected chi connectivity index (χ2v) is 11.4. The van der Waals surface area contributed by atoms with E-state index in [-0.39, 0.29) is 23.9 Å². The molecule has 2 amide bonds. The Balaban J connectivity index is 1.05. The van der Waals surface area contributed by atoms with Crippen LogP contribution in [-0.4, -0.2) is 64.9 Å². The summed E-state index contributed by atoms with van der Waals surface area (Å²) in [7, 11) is 0. The lowest BCUT2D eigenvalue weighted by molar-refractivity contribution is -0.137. The SMILES string of the molecule is O=C(c1cscn1)N1CC[C@H](NC2CN(C(=O)c3cc4ccc(-c5ccc(C(F)(F)F)cc5)cc4s3)C2)C1. The van der Waals surface area contributed by atoms with Crippen LogP contribution in [0.3, 0.4) is 0 Å². The first-order chi connectivity index (χ1) is 18.2. The standard InChI is InChI=1S/C27H23F3N4O2S2/c28-27(29,30)19-5-3-16(4-6-19)17-1-2-18-10-24(38-23(18)9-17)26(36)34-12-21(13-34)32-20-7-8-33(11-20)25(35)22-14-37-15-31-22/h1-6,9-10,14-15,20-21,32H,7-8,11-13H2/t20-/m0/s1. The zero-order chi connectivity index (χ0) is 26.4. The highest BCUT2D eigenvalue weighted by Crippen LogP contribution is 2.34. The molecule has 11 heteroatoms. The third-order valence-corrected chi connectivity index (χ3v) is 8.72. The molecule has 196 valence electrons. The van der Waals surface area contributed by atoms with E-state index in [0.717, 1.165) is 34.2 Å². The van der Waals surface area contributed by atoms with Crippen molar-refractivity contribution in [1.29, 1.82) is 0 Å². The molecule has 0 bridgehead atoms. The van der Waals surface area contributed by atoms with E-state index < -0.39 is 11.7 Å². The van der Waals surface area contributed by atoms with Gasteiger partial charge in [-0.15, -0.1) is 22.7 Å². The van der Waals surface area contributed by atoms with Gasteiger partial charge in [-0.1, -0.05) is 24.3 Å². The van der Waals surface area contributed by atoms with Crippen molar-refractivity contribution in [3.8, 4) is 11.1 Å². The van der Waals surface area contributed by atoms with Crippen LogP contribution in [-0.2, 0) is 6.18 Å². The van der Waals surface area contributed by atoms with E-state index in [0.29, 0.717) is 42.3 Å². The lowest BCUT2D eigenvalue weighted by atomic mass is 10.0. The van der Waals surface area contributed by atoms with Crippen molar-refractivity contribution in [1.82, 2.24) is 20.1 Å². The molecule has 1 N–H and O–H groups in total. The molecule has 2 aliphatic heterocycles. The Morgan fingerprint density at radius 3 is 2.37 bits per heavy atom. The normalized spacial score (nSPS) is 18.2. The molecule has 0 radical (unpaired) electrons. The number of carbonyl (C=O) groups is 2. The molecule has 0 unspecified atom stereocenters. The number of nitrogens with one attached hydrogen (secondary N) is 1. The average molecular weight is 557 g/mol. The minimum absolute atomic E-state index is 0.0212. The Labute approximate surface area is 224 Å². The van der Waals surface area contributed by atoms with Gasteiger partial charge in [0.1, 0.15) is 5.69 Å². The summed E-state index contributed by atoms with van der Waals surface area (Å²) >= 11 is 2.80. The van der Waals surface area contributed by atoms with Crippen LogP contribution in [0.1, 0.15) is 32.1 Å². The number of alkyl halides is 3. The number of benzene rings is 2. The molecular weight excluding hydrogens is 533 g/mol. The van der Waals surface area contributed by atoms with Crippen LogP contribution in [0, 0.1) is 0 Å². The van der Waals surface area contributed by atoms with Crippen LogP contribution in [0.4, 0.5) is 13.2 Å². The smallest absolute Gasteiger partial charge is 0.336 e. The van der Waals surface area contributed by atoms with Gasteiger partial charge in [-0.2, -0.15) is 13.2 Å². The van der Waals surface area contributed by atoms with Gasteiger partial charge >= 0.3 is 6.18 Å². The first-order valence-electron chi connectivity index (χ1n) is 12.2. The van der Waals surface area contributed by atoms with Crippen molar-refractivity contribution in [3.63, 3.8) is 0 Å². The van der Waals surface area contributed by atoms with E-state index >= 15 is 0 Å². The van der Waals surface area contributed by atoms with Crippen molar-refractivity contribution in [2.45, 2.75) is 24.7 Å². The Morgan fingerprint density at radius 2 is 1.66 bits per heavy atom. The van der Waals surface area contributed by atoms with Crippen molar-refractivity contribution >= 4 is 44.6 Å². The number of nitrogens with zero attached hydrogens (tertiary/aromatic N) is 3. The van der Waals surface area contributed by atoms with Crippen LogP contribution >= 0.6 is 22.7 Å². The molecule has 2 aliphatic rings. The highest BCUT2D eigenvalue weighted by atomic mass is 32.1. The Kier molecular flexibility index (Phi) is 6.45. The number of fused-ring (bicyclic) bond motifs is 1. The number of hydrogen-bond acceptors (Lipinski definition) is 6. The molecular formula is C27H23F3N4O2S2. The zero-order valence-corrected chi connectivity index (χ0v) is 21.7. The molecule has 6 rings (SSSR count).